The largest absolute Gasteiger partial charge is 0.327 e. The van der Waals surface area contributed by atoms with Gasteiger partial charge in [0.15, 0.2) is 5.78 Å². The number of Topliss-reactive ketones (excluding diaryl/α,β-unsaturated/α-hetero) is 1. The highest BCUT2D eigenvalue weighted by Gasteiger charge is 2.56. The van der Waals surface area contributed by atoms with Crippen molar-refractivity contribution in [2.24, 2.45) is 23.2 Å². The minimum absolute atomic E-state index is 0.101. The Hall–Kier alpha value is -0.370. The standard InChI is InChI=1S/C17H29NO/c1-4-18(5-2)12(3)16(19)17-9-13-6-14(10-17)8-15(7-13)11-17/h12-15H,4-11H2,1-3H3/p+1/t12-,13?,14?,15?,17?/m0/s1. The molecular weight excluding hydrogens is 234 g/mol. The molecule has 4 bridgehead atoms. The molecule has 19 heavy (non-hydrogen) atoms. The fraction of sp³-hybridized carbons (Fsp3) is 0.941. The average Bonchev–Trinajstić information content (AvgIpc) is 2.37. The lowest BCUT2D eigenvalue weighted by atomic mass is 9.48. The number of quaternary nitrogens is 1. The van der Waals surface area contributed by atoms with Gasteiger partial charge in [0.25, 0.3) is 0 Å². The maximum atomic E-state index is 13.1. The van der Waals surface area contributed by atoms with Gasteiger partial charge in [-0.3, -0.25) is 4.79 Å². The van der Waals surface area contributed by atoms with E-state index in [1.807, 2.05) is 0 Å². The first-order valence-corrected chi connectivity index (χ1v) is 8.47. The third-order valence-electron chi connectivity index (χ3n) is 6.47. The molecule has 4 fully saturated rings. The molecule has 0 heterocycles. The number of ketones is 1. The number of hydrogen-bond acceptors (Lipinski definition) is 1. The van der Waals surface area contributed by atoms with E-state index >= 15 is 0 Å². The molecule has 2 heteroatoms. The monoisotopic (exact) mass is 264 g/mol. The molecule has 2 nitrogen and oxygen atoms in total. The van der Waals surface area contributed by atoms with Crippen LogP contribution in [0.1, 0.15) is 59.3 Å². The lowest BCUT2D eigenvalue weighted by Gasteiger charge is -2.56. The molecule has 0 aromatic carbocycles. The van der Waals surface area contributed by atoms with E-state index in [0.29, 0.717) is 5.78 Å². The minimum atomic E-state index is 0.101. The molecule has 0 unspecified atom stereocenters. The Morgan fingerprint density at radius 3 is 1.84 bits per heavy atom. The van der Waals surface area contributed by atoms with Gasteiger partial charge >= 0.3 is 0 Å². The number of carbonyl (C=O) groups is 1. The average molecular weight is 264 g/mol. The first-order chi connectivity index (χ1) is 9.08. The van der Waals surface area contributed by atoms with Crippen molar-refractivity contribution in [3.63, 3.8) is 0 Å². The van der Waals surface area contributed by atoms with E-state index in [9.17, 15) is 4.79 Å². The van der Waals surface area contributed by atoms with Gasteiger partial charge in [-0.15, -0.1) is 0 Å². The molecule has 4 rings (SSSR count). The van der Waals surface area contributed by atoms with E-state index in [4.69, 9.17) is 0 Å². The predicted molar refractivity (Wildman–Crippen MR) is 77.1 cm³/mol. The summed E-state index contributed by atoms with van der Waals surface area (Å²) in [5, 5.41) is 0. The Morgan fingerprint density at radius 1 is 1.05 bits per heavy atom. The Kier molecular flexibility index (Phi) is 3.49. The normalized spacial score (nSPS) is 41.8. The number of rotatable bonds is 5. The van der Waals surface area contributed by atoms with Crippen LogP contribution in [0.25, 0.3) is 0 Å². The van der Waals surface area contributed by atoms with Gasteiger partial charge in [-0.05, 0) is 77.0 Å². The van der Waals surface area contributed by atoms with Crippen LogP contribution in [-0.2, 0) is 4.79 Å². The van der Waals surface area contributed by atoms with Crippen LogP contribution in [-0.4, -0.2) is 24.9 Å². The molecule has 4 saturated carbocycles. The molecule has 0 saturated heterocycles. The van der Waals surface area contributed by atoms with Crippen molar-refractivity contribution >= 4 is 5.78 Å². The topological polar surface area (TPSA) is 21.5 Å². The van der Waals surface area contributed by atoms with E-state index in [0.717, 1.165) is 30.8 Å². The van der Waals surface area contributed by atoms with Gasteiger partial charge in [-0.25, -0.2) is 0 Å². The van der Waals surface area contributed by atoms with Crippen LogP contribution in [0.5, 0.6) is 0 Å². The number of likely N-dealkylation sites (N-methyl/N-ethyl adjacent to an activating group) is 1. The van der Waals surface area contributed by atoms with Crippen LogP contribution in [0.2, 0.25) is 0 Å². The Labute approximate surface area is 117 Å². The summed E-state index contributed by atoms with van der Waals surface area (Å²) in [6.07, 6.45) is 7.96. The molecule has 1 atom stereocenters. The van der Waals surface area contributed by atoms with Crippen molar-refractivity contribution in [2.45, 2.75) is 65.3 Å². The molecular formula is C17H30NO+. The zero-order chi connectivity index (χ0) is 13.6. The molecule has 0 spiro atoms. The third-order valence-corrected chi connectivity index (χ3v) is 6.47. The van der Waals surface area contributed by atoms with Crippen LogP contribution in [0, 0.1) is 23.2 Å². The zero-order valence-corrected chi connectivity index (χ0v) is 12.9. The number of nitrogens with one attached hydrogen (secondary N) is 1. The summed E-state index contributed by atoms with van der Waals surface area (Å²) in [5.41, 5.74) is 0.101. The second-order valence-corrected chi connectivity index (χ2v) is 7.65. The summed E-state index contributed by atoms with van der Waals surface area (Å²) >= 11 is 0. The summed E-state index contributed by atoms with van der Waals surface area (Å²) in [7, 11) is 0. The zero-order valence-electron chi connectivity index (χ0n) is 12.9. The Bertz CT molecular complexity index is 323. The Balaban J connectivity index is 1.79. The molecule has 0 aromatic heterocycles. The molecule has 0 aromatic rings. The highest BCUT2D eigenvalue weighted by atomic mass is 16.1. The molecule has 0 amide bonds. The summed E-state index contributed by atoms with van der Waals surface area (Å²) in [6.45, 7) is 8.76. The van der Waals surface area contributed by atoms with Gasteiger partial charge < -0.3 is 4.90 Å². The van der Waals surface area contributed by atoms with Gasteiger partial charge in [0, 0.05) is 5.41 Å². The van der Waals surface area contributed by atoms with E-state index in [-0.39, 0.29) is 11.5 Å². The van der Waals surface area contributed by atoms with Gasteiger partial charge in [-0.1, -0.05) is 0 Å². The summed E-state index contributed by atoms with van der Waals surface area (Å²) in [5.74, 6) is 3.27. The highest BCUT2D eigenvalue weighted by Crippen LogP contribution is 2.60. The van der Waals surface area contributed by atoms with E-state index in [1.165, 1.54) is 43.4 Å². The minimum Gasteiger partial charge on any atom is -0.327 e. The number of hydrogen-bond donors (Lipinski definition) is 1. The fourth-order valence-corrected chi connectivity index (χ4v) is 5.92. The lowest BCUT2D eigenvalue weighted by molar-refractivity contribution is -0.910. The summed E-state index contributed by atoms with van der Waals surface area (Å²) < 4.78 is 0. The van der Waals surface area contributed by atoms with Crippen LogP contribution in [0.3, 0.4) is 0 Å². The SMILES string of the molecule is CC[NH+](CC)[C@@H](C)C(=O)C12CC3CC(CC(C3)C1)C2. The van der Waals surface area contributed by atoms with E-state index in [2.05, 4.69) is 20.8 Å². The lowest BCUT2D eigenvalue weighted by Crippen LogP contribution is -3.16. The molecule has 0 aliphatic heterocycles. The summed E-state index contributed by atoms with van der Waals surface area (Å²) in [6, 6.07) is 0.214. The second-order valence-electron chi connectivity index (χ2n) is 7.65. The van der Waals surface area contributed by atoms with Crippen LogP contribution in [0.15, 0.2) is 0 Å². The van der Waals surface area contributed by atoms with Gasteiger partial charge in [0.1, 0.15) is 6.04 Å². The molecule has 108 valence electrons. The van der Waals surface area contributed by atoms with Crippen molar-refractivity contribution in [1.29, 1.82) is 0 Å². The van der Waals surface area contributed by atoms with Crippen LogP contribution < -0.4 is 4.90 Å². The van der Waals surface area contributed by atoms with Gasteiger partial charge in [0.2, 0.25) is 0 Å². The quantitative estimate of drug-likeness (QED) is 0.807. The third kappa shape index (κ3) is 2.16. The van der Waals surface area contributed by atoms with E-state index in [1.54, 1.807) is 0 Å². The highest BCUT2D eigenvalue weighted by molar-refractivity contribution is 5.88. The van der Waals surface area contributed by atoms with Crippen LogP contribution >= 0.6 is 0 Å². The van der Waals surface area contributed by atoms with E-state index < -0.39 is 0 Å². The first-order valence-electron chi connectivity index (χ1n) is 8.47. The van der Waals surface area contributed by atoms with Crippen molar-refractivity contribution in [2.75, 3.05) is 13.1 Å². The van der Waals surface area contributed by atoms with Crippen molar-refractivity contribution in [3.8, 4) is 0 Å². The van der Waals surface area contributed by atoms with Crippen molar-refractivity contribution in [1.82, 2.24) is 0 Å². The van der Waals surface area contributed by atoms with Gasteiger partial charge in [0.05, 0.1) is 13.1 Å². The molecule has 0 radical (unpaired) electrons. The Morgan fingerprint density at radius 2 is 1.47 bits per heavy atom. The summed E-state index contributed by atoms with van der Waals surface area (Å²) in [4.78, 5) is 14.6. The van der Waals surface area contributed by atoms with Crippen molar-refractivity contribution in [3.05, 3.63) is 0 Å². The molecule has 4 aliphatic rings. The maximum absolute atomic E-state index is 13.1. The van der Waals surface area contributed by atoms with Gasteiger partial charge in [-0.2, -0.15) is 0 Å². The van der Waals surface area contributed by atoms with Crippen LogP contribution in [0.4, 0.5) is 0 Å². The predicted octanol–water partition coefficient (Wildman–Crippen LogP) is 2.09. The molecule has 4 aliphatic carbocycles. The smallest absolute Gasteiger partial charge is 0.195 e. The number of carbonyl (C=O) groups excluding carboxylic acids is 1. The second kappa shape index (κ2) is 4.87. The first kappa shape index (κ1) is 13.6. The molecule has 1 N–H and O–H groups in total. The maximum Gasteiger partial charge on any atom is 0.195 e. The van der Waals surface area contributed by atoms with Crippen molar-refractivity contribution < 1.29 is 9.69 Å². The fourth-order valence-electron chi connectivity index (χ4n) is 5.92.